The Balaban J connectivity index is 3.13. The molecule has 27 heavy (non-hydrogen) atoms. The van der Waals surface area contributed by atoms with E-state index in [1.165, 1.54) is 83.5 Å². The van der Waals surface area contributed by atoms with Crippen LogP contribution >= 0.6 is 11.8 Å². The van der Waals surface area contributed by atoms with Gasteiger partial charge in [0, 0.05) is 18.8 Å². The van der Waals surface area contributed by atoms with E-state index in [1.54, 1.807) is 11.8 Å². The lowest BCUT2D eigenvalue weighted by molar-refractivity contribution is -0.111. The molecule has 0 saturated carbocycles. The SMILES string of the molecule is CCCCCCCCCCCSC(=O)CCCCCCCNCCCCO. The number of thioether (sulfide) groups is 1. The molecular formula is C23H47NO2S. The third-order valence-corrected chi connectivity index (χ3v) is 6.03. The highest BCUT2D eigenvalue weighted by Crippen LogP contribution is 2.15. The van der Waals surface area contributed by atoms with Gasteiger partial charge in [-0.3, -0.25) is 4.79 Å². The first-order valence-corrected chi connectivity index (χ1v) is 12.8. The summed E-state index contributed by atoms with van der Waals surface area (Å²) in [6.07, 6.45) is 20.9. The molecule has 0 amide bonds. The number of aliphatic hydroxyl groups excluding tert-OH is 1. The van der Waals surface area contributed by atoms with Gasteiger partial charge in [0.05, 0.1) is 0 Å². The summed E-state index contributed by atoms with van der Waals surface area (Å²) in [5.41, 5.74) is 0. The Morgan fingerprint density at radius 1 is 0.704 bits per heavy atom. The quantitative estimate of drug-likeness (QED) is 0.204. The summed E-state index contributed by atoms with van der Waals surface area (Å²) in [7, 11) is 0. The molecule has 2 N–H and O–H groups in total. The van der Waals surface area contributed by atoms with Gasteiger partial charge in [0.1, 0.15) is 0 Å². The lowest BCUT2D eigenvalue weighted by atomic mass is 10.1. The van der Waals surface area contributed by atoms with Crippen LogP contribution < -0.4 is 5.32 Å². The number of carbonyl (C=O) groups is 1. The van der Waals surface area contributed by atoms with Gasteiger partial charge in [-0.25, -0.2) is 0 Å². The molecule has 3 nitrogen and oxygen atoms in total. The summed E-state index contributed by atoms with van der Waals surface area (Å²) in [5.74, 6) is 1.02. The Labute approximate surface area is 173 Å². The molecule has 0 atom stereocenters. The van der Waals surface area contributed by atoms with E-state index < -0.39 is 0 Å². The minimum Gasteiger partial charge on any atom is -0.396 e. The maximum absolute atomic E-state index is 11.9. The number of rotatable bonds is 22. The number of aliphatic hydroxyl groups is 1. The maximum atomic E-state index is 11.9. The van der Waals surface area contributed by atoms with Crippen molar-refractivity contribution < 1.29 is 9.90 Å². The van der Waals surface area contributed by atoms with Crippen molar-refractivity contribution in [2.45, 2.75) is 116 Å². The van der Waals surface area contributed by atoms with Gasteiger partial charge in [-0.1, -0.05) is 89.3 Å². The molecule has 4 heteroatoms. The normalized spacial score (nSPS) is 11.2. The molecule has 0 saturated heterocycles. The van der Waals surface area contributed by atoms with Crippen LogP contribution in [0, 0.1) is 0 Å². The zero-order valence-corrected chi connectivity index (χ0v) is 18.9. The molecule has 0 spiro atoms. The molecule has 0 radical (unpaired) electrons. The minimum absolute atomic E-state index is 0.303. The van der Waals surface area contributed by atoms with Crippen LogP contribution in [0.2, 0.25) is 0 Å². The highest BCUT2D eigenvalue weighted by atomic mass is 32.2. The van der Waals surface area contributed by atoms with Crippen LogP contribution in [0.5, 0.6) is 0 Å². The van der Waals surface area contributed by atoms with Gasteiger partial charge in [0.15, 0.2) is 5.12 Å². The number of unbranched alkanes of at least 4 members (excludes halogenated alkanes) is 13. The van der Waals surface area contributed by atoms with E-state index >= 15 is 0 Å². The van der Waals surface area contributed by atoms with E-state index in [-0.39, 0.29) is 0 Å². The summed E-state index contributed by atoms with van der Waals surface area (Å²) in [5, 5.41) is 12.5. The standard InChI is InChI=1S/C23H47NO2S/c1-2-3-4-5-6-7-8-12-17-22-27-23(26)18-13-10-9-11-14-19-24-20-15-16-21-25/h24-25H,2-22H2,1H3. The Bertz CT molecular complexity index is 300. The summed E-state index contributed by atoms with van der Waals surface area (Å²) in [4.78, 5) is 11.9. The van der Waals surface area contributed by atoms with Crippen LogP contribution in [0.15, 0.2) is 0 Å². The van der Waals surface area contributed by atoms with Crippen molar-refractivity contribution in [3.63, 3.8) is 0 Å². The van der Waals surface area contributed by atoms with Gasteiger partial charge in [-0.05, 0) is 45.2 Å². The fourth-order valence-corrected chi connectivity index (χ4v) is 4.07. The summed E-state index contributed by atoms with van der Waals surface area (Å²) in [6, 6.07) is 0. The van der Waals surface area contributed by atoms with Crippen LogP contribution in [0.1, 0.15) is 116 Å². The van der Waals surface area contributed by atoms with Crippen LogP contribution in [0.3, 0.4) is 0 Å². The van der Waals surface area contributed by atoms with Crippen molar-refractivity contribution in [2.75, 3.05) is 25.4 Å². The second-order valence-electron chi connectivity index (χ2n) is 7.75. The Hall–Kier alpha value is -0.0600. The van der Waals surface area contributed by atoms with E-state index in [0.717, 1.165) is 44.5 Å². The van der Waals surface area contributed by atoms with Crippen molar-refractivity contribution in [1.82, 2.24) is 5.32 Å². The fourth-order valence-electron chi connectivity index (χ4n) is 3.21. The molecule has 0 aliphatic heterocycles. The number of carbonyl (C=O) groups excluding carboxylic acids is 1. The van der Waals surface area contributed by atoms with Crippen LogP contribution in [-0.2, 0) is 4.79 Å². The summed E-state index contributed by atoms with van der Waals surface area (Å²) < 4.78 is 0. The van der Waals surface area contributed by atoms with Gasteiger partial charge < -0.3 is 10.4 Å². The first-order valence-electron chi connectivity index (χ1n) is 11.8. The van der Waals surface area contributed by atoms with Gasteiger partial charge in [0.25, 0.3) is 0 Å². The molecule has 0 aliphatic carbocycles. The van der Waals surface area contributed by atoms with Crippen molar-refractivity contribution in [3.8, 4) is 0 Å². The second kappa shape index (κ2) is 24.0. The maximum Gasteiger partial charge on any atom is 0.188 e. The molecule has 0 aromatic heterocycles. The lowest BCUT2D eigenvalue weighted by Crippen LogP contribution is -2.16. The van der Waals surface area contributed by atoms with E-state index in [2.05, 4.69) is 12.2 Å². The van der Waals surface area contributed by atoms with E-state index in [4.69, 9.17) is 5.11 Å². The first-order chi connectivity index (χ1) is 13.3. The Morgan fingerprint density at radius 2 is 1.22 bits per heavy atom. The molecule has 0 aliphatic rings. The van der Waals surface area contributed by atoms with Crippen molar-refractivity contribution in [2.24, 2.45) is 0 Å². The van der Waals surface area contributed by atoms with Gasteiger partial charge in [0.2, 0.25) is 0 Å². The number of hydrogen-bond acceptors (Lipinski definition) is 4. The topological polar surface area (TPSA) is 49.3 Å². The number of hydrogen-bond donors (Lipinski definition) is 2. The minimum atomic E-state index is 0.303. The highest BCUT2D eigenvalue weighted by molar-refractivity contribution is 8.13. The Morgan fingerprint density at radius 3 is 1.85 bits per heavy atom. The third-order valence-electron chi connectivity index (χ3n) is 5.01. The predicted molar refractivity (Wildman–Crippen MR) is 122 cm³/mol. The largest absolute Gasteiger partial charge is 0.396 e. The van der Waals surface area contributed by atoms with E-state index in [9.17, 15) is 4.79 Å². The lowest BCUT2D eigenvalue weighted by Gasteiger charge is -2.04. The molecule has 162 valence electrons. The molecule has 0 rings (SSSR count). The van der Waals surface area contributed by atoms with E-state index in [1.807, 2.05) is 0 Å². The molecule has 0 bridgehead atoms. The summed E-state index contributed by atoms with van der Waals surface area (Å²) >= 11 is 1.57. The fraction of sp³-hybridized carbons (Fsp3) is 0.957. The zero-order chi connectivity index (χ0) is 19.8. The molecule has 0 unspecified atom stereocenters. The van der Waals surface area contributed by atoms with Gasteiger partial charge in [-0.15, -0.1) is 0 Å². The van der Waals surface area contributed by atoms with Crippen molar-refractivity contribution in [1.29, 1.82) is 0 Å². The highest BCUT2D eigenvalue weighted by Gasteiger charge is 2.02. The third kappa shape index (κ3) is 23.9. The molecular weight excluding hydrogens is 354 g/mol. The smallest absolute Gasteiger partial charge is 0.188 e. The first kappa shape index (κ1) is 26.9. The zero-order valence-electron chi connectivity index (χ0n) is 18.1. The van der Waals surface area contributed by atoms with Crippen LogP contribution in [-0.4, -0.2) is 35.7 Å². The van der Waals surface area contributed by atoms with Crippen LogP contribution in [0.25, 0.3) is 0 Å². The Kier molecular flexibility index (Phi) is 23.9. The summed E-state index contributed by atoms with van der Waals surface area (Å²) in [6.45, 7) is 4.67. The monoisotopic (exact) mass is 401 g/mol. The van der Waals surface area contributed by atoms with Gasteiger partial charge >= 0.3 is 0 Å². The van der Waals surface area contributed by atoms with Crippen LogP contribution in [0.4, 0.5) is 0 Å². The molecule has 0 heterocycles. The number of nitrogens with one attached hydrogen (secondary N) is 1. The van der Waals surface area contributed by atoms with Gasteiger partial charge in [-0.2, -0.15) is 0 Å². The average Bonchev–Trinajstić information content (AvgIpc) is 2.67. The molecule has 0 fully saturated rings. The molecule has 0 aromatic carbocycles. The van der Waals surface area contributed by atoms with Crippen molar-refractivity contribution >= 4 is 16.9 Å². The second-order valence-corrected chi connectivity index (χ2v) is 8.90. The van der Waals surface area contributed by atoms with Crippen molar-refractivity contribution in [3.05, 3.63) is 0 Å². The predicted octanol–water partition coefficient (Wildman–Crippen LogP) is 6.48. The average molecular weight is 402 g/mol. The molecule has 0 aromatic rings. The van der Waals surface area contributed by atoms with E-state index in [0.29, 0.717) is 11.7 Å².